The maximum Gasteiger partial charge on any atom is 0.413 e. The predicted octanol–water partition coefficient (Wildman–Crippen LogP) is 2.99. The third-order valence-electron chi connectivity index (χ3n) is 2.13. The van der Waals surface area contributed by atoms with Crippen LogP contribution >= 0.6 is 11.6 Å². The minimum Gasteiger partial charge on any atom is -0.343 e. The minimum atomic E-state index is -4.35. The van der Waals surface area contributed by atoms with Gasteiger partial charge in [0, 0.05) is 6.42 Å². The highest BCUT2D eigenvalue weighted by atomic mass is 35.5. The zero-order valence-electron chi connectivity index (χ0n) is 9.90. The lowest BCUT2D eigenvalue weighted by molar-refractivity contribution is -0.190. The van der Waals surface area contributed by atoms with E-state index in [0.717, 1.165) is 25.1 Å². The molecule has 0 bridgehead atoms. The second kappa shape index (κ2) is 6.96. The largest absolute Gasteiger partial charge is 0.413 e. The van der Waals surface area contributed by atoms with Crippen LogP contribution in [0.15, 0.2) is 0 Å². The summed E-state index contributed by atoms with van der Waals surface area (Å²) in [6.07, 6.45) is -1.58. The number of hydrogen-bond acceptors (Lipinski definition) is 3. The molecule has 104 valence electrons. The number of nitrogens with zero attached hydrogens (tertiary/aromatic N) is 1. The maximum absolute atomic E-state index is 11.8. The molecule has 8 heteroatoms. The molecule has 0 atom stereocenters. The highest BCUT2D eigenvalue weighted by molar-refractivity contribution is 6.30. The van der Waals surface area contributed by atoms with Gasteiger partial charge >= 0.3 is 6.18 Å². The van der Waals surface area contributed by atoms with Crippen molar-refractivity contribution < 1.29 is 18.0 Å². The van der Waals surface area contributed by atoms with Crippen LogP contribution in [0.25, 0.3) is 0 Å². The molecule has 0 aliphatic carbocycles. The monoisotopic (exact) mass is 285 g/mol. The van der Waals surface area contributed by atoms with E-state index >= 15 is 0 Å². The summed E-state index contributed by atoms with van der Waals surface area (Å²) in [5.74, 6) is 0.731. The zero-order valence-corrected chi connectivity index (χ0v) is 10.7. The summed E-state index contributed by atoms with van der Waals surface area (Å²) in [6.45, 7) is 0.757. The van der Waals surface area contributed by atoms with Crippen molar-refractivity contribution >= 4 is 11.6 Å². The van der Waals surface area contributed by atoms with Gasteiger partial charge < -0.3 is 4.98 Å². The highest BCUT2D eigenvalue weighted by Crippen LogP contribution is 2.15. The number of aromatic amines is 1. The lowest BCUT2D eigenvalue weighted by Crippen LogP contribution is -2.24. The topological polar surface area (TPSA) is 49.9 Å². The Hall–Kier alpha value is -0.790. The molecule has 1 aromatic rings. The first kappa shape index (κ1) is 15.3. The Morgan fingerprint density at radius 2 is 2.17 bits per heavy atom. The number of halogens is 4. The number of imidazole rings is 1. The van der Waals surface area contributed by atoms with Gasteiger partial charge in [-0.2, -0.15) is 18.7 Å². The van der Waals surface area contributed by atoms with Crippen LogP contribution in [0.3, 0.4) is 0 Å². The number of rotatable bonds is 7. The van der Waals surface area contributed by atoms with E-state index < -0.39 is 12.8 Å². The van der Waals surface area contributed by atoms with E-state index in [1.807, 2.05) is 0 Å². The van der Waals surface area contributed by atoms with Gasteiger partial charge in [0.25, 0.3) is 0 Å². The van der Waals surface area contributed by atoms with Crippen molar-refractivity contribution in [2.45, 2.75) is 38.9 Å². The molecule has 0 fully saturated rings. The van der Waals surface area contributed by atoms with Gasteiger partial charge in [0.2, 0.25) is 0 Å². The first-order valence-corrected chi connectivity index (χ1v) is 5.95. The molecule has 0 amide bonds. The van der Waals surface area contributed by atoms with E-state index in [0.29, 0.717) is 5.69 Å². The summed E-state index contributed by atoms with van der Waals surface area (Å²) in [4.78, 5) is 11.3. The third kappa shape index (κ3) is 5.70. The SMILES string of the molecule is CCCCc1nc(Cl)c(CNOCC(F)(F)F)[nH]1. The Morgan fingerprint density at radius 3 is 2.78 bits per heavy atom. The lowest BCUT2D eigenvalue weighted by atomic mass is 10.2. The molecular formula is C10H15ClF3N3O. The summed E-state index contributed by atoms with van der Waals surface area (Å²) in [5, 5.41) is 0.254. The van der Waals surface area contributed by atoms with Crippen LogP contribution in [0.2, 0.25) is 5.15 Å². The lowest BCUT2D eigenvalue weighted by Gasteiger charge is -2.07. The number of alkyl halides is 3. The molecule has 18 heavy (non-hydrogen) atoms. The molecule has 0 radical (unpaired) electrons. The van der Waals surface area contributed by atoms with Crippen molar-refractivity contribution in [3.05, 3.63) is 16.7 Å². The standard InChI is InChI=1S/C10H15ClF3N3O/c1-2-3-4-8-16-7(9(11)17-8)5-15-18-6-10(12,13)14/h15H,2-6H2,1H3,(H,16,17). The van der Waals surface area contributed by atoms with Crippen LogP contribution in [-0.2, 0) is 17.8 Å². The van der Waals surface area contributed by atoms with Crippen molar-refractivity contribution in [1.29, 1.82) is 0 Å². The van der Waals surface area contributed by atoms with E-state index in [4.69, 9.17) is 11.6 Å². The molecule has 0 aliphatic rings. The van der Waals surface area contributed by atoms with Crippen LogP contribution < -0.4 is 5.48 Å². The molecule has 0 aliphatic heterocycles. The maximum atomic E-state index is 11.8. The molecular weight excluding hydrogens is 271 g/mol. The van der Waals surface area contributed by atoms with E-state index in [1.165, 1.54) is 0 Å². The van der Waals surface area contributed by atoms with Crippen molar-refractivity contribution in [3.8, 4) is 0 Å². The number of hydroxylamine groups is 1. The second-order valence-corrected chi connectivity index (χ2v) is 4.14. The number of aromatic nitrogens is 2. The number of unbranched alkanes of at least 4 members (excludes halogenated alkanes) is 1. The van der Waals surface area contributed by atoms with Crippen molar-refractivity contribution in [3.63, 3.8) is 0 Å². The molecule has 2 N–H and O–H groups in total. The Labute approximate surface area is 108 Å². The van der Waals surface area contributed by atoms with E-state index in [-0.39, 0.29) is 11.7 Å². The molecule has 1 rings (SSSR count). The Kier molecular flexibility index (Phi) is 5.90. The van der Waals surface area contributed by atoms with Crippen LogP contribution in [-0.4, -0.2) is 22.8 Å². The normalized spacial score (nSPS) is 12.1. The Morgan fingerprint density at radius 1 is 1.44 bits per heavy atom. The fourth-order valence-corrected chi connectivity index (χ4v) is 1.49. The highest BCUT2D eigenvalue weighted by Gasteiger charge is 2.27. The van der Waals surface area contributed by atoms with Gasteiger partial charge in [-0.25, -0.2) is 4.98 Å². The van der Waals surface area contributed by atoms with Gasteiger partial charge in [-0.3, -0.25) is 4.84 Å². The third-order valence-corrected chi connectivity index (χ3v) is 2.44. The Balaban J connectivity index is 2.35. The van der Waals surface area contributed by atoms with Gasteiger partial charge in [-0.1, -0.05) is 24.9 Å². The van der Waals surface area contributed by atoms with Gasteiger partial charge in [-0.05, 0) is 6.42 Å². The average Bonchev–Trinajstić information content (AvgIpc) is 2.61. The fourth-order valence-electron chi connectivity index (χ4n) is 1.28. The van der Waals surface area contributed by atoms with E-state index in [2.05, 4.69) is 27.2 Å². The van der Waals surface area contributed by atoms with Crippen LogP contribution in [0, 0.1) is 0 Å². The fraction of sp³-hybridized carbons (Fsp3) is 0.700. The van der Waals surface area contributed by atoms with Crippen LogP contribution in [0.1, 0.15) is 31.3 Å². The molecule has 1 aromatic heterocycles. The average molecular weight is 286 g/mol. The van der Waals surface area contributed by atoms with Crippen molar-refractivity contribution in [2.24, 2.45) is 0 Å². The zero-order chi connectivity index (χ0) is 13.6. The van der Waals surface area contributed by atoms with Gasteiger partial charge in [0.05, 0.1) is 12.2 Å². The van der Waals surface area contributed by atoms with E-state index in [9.17, 15) is 13.2 Å². The quantitative estimate of drug-likeness (QED) is 0.598. The van der Waals surface area contributed by atoms with Crippen molar-refractivity contribution in [1.82, 2.24) is 15.4 Å². The molecule has 4 nitrogen and oxygen atoms in total. The minimum absolute atomic E-state index is 0.0496. The van der Waals surface area contributed by atoms with Crippen LogP contribution in [0.4, 0.5) is 13.2 Å². The summed E-state index contributed by atoms with van der Waals surface area (Å²) in [6, 6.07) is 0. The summed E-state index contributed by atoms with van der Waals surface area (Å²) < 4.78 is 35.4. The van der Waals surface area contributed by atoms with E-state index in [1.54, 1.807) is 0 Å². The number of aryl methyl sites for hydroxylation is 1. The smallest absolute Gasteiger partial charge is 0.343 e. The second-order valence-electron chi connectivity index (χ2n) is 3.78. The molecule has 0 saturated heterocycles. The van der Waals surface area contributed by atoms with Gasteiger partial charge in [0.1, 0.15) is 5.82 Å². The summed E-state index contributed by atoms with van der Waals surface area (Å²) in [5.41, 5.74) is 2.71. The van der Waals surface area contributed by atoms with Gasteiger partial charge in [0.15, 0.2) is 11.8 Å². The number of H-pyrrole nitrogens is 1. The molecule has 0 spiro atoms. The molecule has 1 heterocycles. The molecule has 0 unspecified atom stereocenters. The Bertz CT molecular complexity index is 368. The summed E-state index contributed by atoms with van der Waals surface area (Å²) in [7, 11) is 0. The van der Waals surface area contributed by atoms with Gasteiger partial charge in [-0.15, -0.1) is 0 Å². The first-order valence-electron chi connectivity index (χ1n) is 5.57. The number of hydrogen-bond donors (Lipinski definition) is 2. The number of nitrogens with one attached hydrogen (secondary N) is 2. The summed E-state index contributed by atoms with van der Waals surface area (Å²) >= 11 is 5.83. The molecule has 0 saturated carbocycles. The van der Waals surface area contributed by atoms with Crippen molar-refractivity contribution in [2.75, 3.05) is 6.61 Å². The first-order chi connectivity index (χ1) is 8.42. The van der Waals surface area contributed by atoms with Crippen LogP contribution in [0.5, 0.6) is 0 Å². The molecule has 0 aromatic carbocycles. The predicted molar refractivity (Wildman–Crippen MR) is 61.1 cm³/mol.